The van der Waals surface area contributed by atoms with Gasteiger partial charge in [0.25, 0.3) is 5.91 Å². The number of ether oxygens (including phenoxy) is 2. The van der Waals surface area contributed by atoms with Crippen molar-refractivity contribution in [1.82, 2.24) is 4.98 Å². The minimum atomic E-state index is -4.62. The average molecular weight is 306 g/mol. The average Bonchev–Trinajstić information content (AvgIpc) is 2.36. The second-order valence-corrected chi connectivity index (χ2v) is 4.73. The Morgan fingerprint density at radius 3 is 2.52 bits per heavy atom. The van der Waals surface area contributed by atoms with Gasteiger partial charge in [0.2, 0.25) is 5.88 Å². The van der Waals surface area contributed by atoms with E-state index in [1.54, 1.807) is 0 Å². The number of alkyl halides is 3. The van der Waals surface area contributed by atoms with Crippen LogP contribution in [0.15, 0.2) is 12.1 Å². The summed E-state index contributed by atoms with van der Waals surface area (Å²) >= 11 is 0. The first-order valence-electron chi connectivity index (χ1n) is 6.30. The molecule has 118 valence electrons. The van der Waals surface area contributed by atoms with Crippen molar-refractivity contribution in [2.24, 2.45) is 11.7 Å². The summed E-state index contributed by atoms with van der Waals surface area (Å²) in [5, 5.41) is 0. The first-order valence-corrected chi connectivity index (χ1v) is 6.30. The van der Waals surface area contributed by atoms with Gasteiger partial charge in [-0.2, -0.15) is 13.2 Å². The second kappa shape index (κ2) is 7.26. The third-order valence-electron chi connectivity index (χ3n) is 2.33. The van der Waals surface area contributed by atoms with Crippen LogP contribution in [-0.2, 0) is 10.9 Å². The van der Waals surface area contributed by atoms with Crippen molar-refractivity contribution in [1.29, 1.82) is 0 Å². The van der Waals surface area contributed by atoms with Crippen LogP contribution in [0.1, 0.15) is 29.9 Å². The number of primary amides is 1. The van der Waals surface area contributed by atoms with Crippen molar-refractivity contribution in [2.45, 2.75) is 20.0 Å². The van der Waals surface area contributed by atoms with Crippen molar-refractivity contribution in [3.63, 3.8) is 0 Å². The summed E-state index contributed by atoms with van der Waals surface area (Å²) < 4.78 is 48.0. The molecule has 2 N–H and O–H groups in total. The first kappa shape index (κ1) is 17.2. The van der Waals surface area contributed by atoms with Crippen LogP contribution in [0.3, 0.4) is 0 Å². The maximum atomic E-state index is 12.6. The van der Waals surface area contributed by atoms with Gasteiger partial charge in [-0.1, -0.05) is 13.8 Å². The molecule has 0 radical (unpaired) electrons. The number of halogens is 3. The summed E-state index contributed by atoms with van der Waals surface area (Å²) in [5.74, 6) is -1.02. The molecule has 0 bridgehead atoms. The van der Waals surface area contributed by atoms with Gasteiger partial charge in [-0.15, -0.1) is 0 Å². The number of hydrogen-bond acceptors (Lipinski definition) is 4. The van der Waals surface area contributed by atoms with Crippen LogP contribution >= 0.6 is 0 Å². The van der Waals surface area contributed by atoms with E-state index in [0.29, 0.717) is 18.6 Å². The normalized spacial score (nSPS) is 11.7. The predicted molar refractivity (Wildman–Crippen MR) is 68.9 cm³/mol. The van der Waals surface area contributed by atoms with E-state index < -0.39 is 23.7 Å². The predicted octanol–water partition coefficient (Wildman–Crippen LogP) is 2.25. The molecule has 1 rings (SSSR count). The summed E-state index contributed by atoms with van der Waals surface area (Å²) in [7, 11) is 0. The minimum Gasteiger partial charge on any atom is -0.475 e. The Kier molecular flexibility index (Phi) is 5.95. The first-order chi connectivity index (χ1) is 9.71. The fraction of sp³-hybridized carbons (Fsp3) is 0.538. The summed E-state index contributed by atoms with van der Waals surface area (Å²) in [5.41, 5.74) is 3.72. The molecule has 1 aromatic rings. The quantitative estimate of drug-likeness (QED) is 0.784. The zero-order valence-corrected chi connectivity index (χ0v) is 11.7. The van der Waals surface area contributed by atoms with Crippen molar-refractivity contribution in [3.05, 3.63) is 23.4 Å². The van der Waals surface area contributed by atoms with Crippen LogP contribution in [0.25, 0.3) is 0 Å². The monoisotopic (exact) mass is 306 g/mol. The third-order valence-corrected chi connectivity index (χ3v) is 2.33. The van der Waals surface area contributed by atoms with Crippen LogP contribution in [0.5, 0.6) is 5.88 Å². The second-order valence-electron chi connectivity index (χ2n) is 4.73. The van der Waals surface area contributed by atoms with Crippen LogP contribution in [-0.4, -0.2) is 30.7 Å². The Morgan fingerprint density at radius 1 is 1.33 bits per heavy atom. The van der Waals surface area contributed by atoms with Gasteiger partial charge in [0.15, 0.2) is 0 Å². The Morgan fingerprint density at radius 2 is 2.00 bits per heavy atom. The minimum absolute atomic E-state index is 0.0265. The number of pyridine rings is 1. The van der Waals surface area contributed by atoms with Crippen molar-refractivity contribution in [2.75, 3.05) is 19.8 Å². The zero-order valence-electron chi connectivity index (χ0n) is 11.7. The van der Waals surface area contributed by atoms with Crippen molar-refractivity contribution in [3.8, 4) is 5.88 Å². The Bertz CT molecular complexity index is 490. The van der Waals surface area contributed by atoms with E-state index in [9.17, 15) is 18.0 Å². The Labute approximate surface area is 120 Å². The van der Waals surface area contributed by atoms with Crippen LogP contribution in [0, 0.1) is 5.92 Å². The lowest BCUT2D eigenvalue weighted by atomic mass is 10.2. The van der Waals surface area contributed by atoms with Crippen LogP contribution < -0.4 is 10.5 Å². The number of nitrogens with two attached hydrogens (primary N) is 1. The number of nitrogens with zero attached hydrogens (tertiary/aromatic N) is 1. The summed E-state index contributed by atoms with van der Waals surface area (Å²) in [6, 6.07) is 1.63. The molecule has 21 heavy (non-hydrogen) atoms. The Balaban J connectivity index is 2.75. The molecule has 0 atom stereocenters. The molecule has 0 fully saturated rings. The SMILES string of the molecule is CC(C)COCCOc1nc(C(F)(F)F)ccc1C(N)=O. The topological polar surface area (TPSA) is 74.4 Å². The largest absolute Gasteiger partial charge is 0.475 e. The van der Waals surface area contributed by atoms with Gasteiger partial charge < -0.3 is 15.2 Å². The number of hydrogen-bond donors (Lipinski definition) is 1. The van der Waals surface area contributed by atoms with Crippen molar-refractivity contribution < 1.29 is 27.4 Å². The molecule has 1 heterocycles. The smallest absolute Gasteiger partial charge is 0.433 e. The highest BCUT2D eigenvalue weighted by molar-refractivity contribution is 5.95. The Hall–Kier alpha value is -1.83. The highest BCUT2D eigenvalue weighted by Crippen LogP contribution is 2.30. The summed E-state index contributed by atoms with van der Waals surface area (Å²) in [6.45, 7) is 4.57. The van der Waals surface area contributed by atoms with E-state index in [-0.39, 0.29) is 18.8 Å². The molecule has 1 aromatic heterocycles. The van der Waals surface area contributed by atoms with E-state index in [2.05, 4.69) is 4.98 Å². The number of rotatable bonds is 7. The molecule has 8 heteroatoms. The van der Waals surface area contributed by atoms with E-state index in [0.717, 1.165) is 6.07 Å². The van der Waals surface area contributed by atoms with Gasteiger partial charge in [-0.05, 0) is 18.1 Å². The molecule has 0 spiro atoms. The van der Waals surface area contributed by atoms with Crippen LogP contribution in [0.2, 0.25) is 0 Å². The fourth-order valence-electron chi connectivity index (χ4n) is 1.41. The molecule has 0 unspecified atom stereocenters. The third kappa shape index (κ3) is 5.58. The molecule has 0 saturated carbocycles. The molecule has 0 aliphatic carbocycles. The van der Waals surface area contributed by atoms with Gasteiger partial charge in [0.1, 0.15) is 17.9 Å². The van der Waals surface area contributed by atoms with Gasteiger partial charge >= 0.3 is 6.18 Å². The number of amides is 1. The lowest BCUT2D eigenvalue weighted by Gasteiger charge is -2.12. The molecular formula is C13H17F3N2O3. The van der Waals surface area contributed by atoms with E-state index in [4.69, 9.17) is 15.2 Å². The molecule has 0 aromatic carbocycles. The number of carbonyl (C=O) groups excluding carboxylic acids is 1. The van der Waals surface area contributed by atoms with Gasteiger partial charge in [0, 0.05) is 6.61 Å². The lowest BCUT2D eigenvalue weighted by molar-refractivity contribution is -0.141. The summed E-state index contributed by atoms with van der Waals surface area (Å²) in [4.78, 5) is 14.4. The number of aromatic nitrogens is 1. The number of carbonyl (C=O) groups is 1. The van der Waals surface area contributed by atoms with E-state index in [1.807, 2.05) is 13.8 Å². The van der Waals surface area contributed by atoms with E-state index >= 15 is 0 Å². The van der Waals surface area contributed by atoms with E-state index in [1.165, 1.54) is 0 Å². The summed E-state index contributed by atoms with van der Waals surface area (Å²) in [6.07, 6.45) is -4.62. The van der Waals surface area contributed by atoms with Gasteiger partial charge in [0.05, 0.1) is 6.61 Å². The zero-order chi connectivity index (χ0) is 16.0. The fourth-order valence-corrected chi connectivity index (χ4v) is 1.41. The maximum absolute atomic E-state index is 12.6. The van der Waals surface area contributed by atoms with Gasteiger partial charge in [-0.3, -0.25) is 4.79 Å². The lowest BCUT2D eigenvalue weighted by Crippen LogP contribution is -2.18. The maximum Gasteiger partial charge on any atom is 0.433 e. The standard InChI is InChI=1S/C13H17F3N2O3/c1-8(2)7-20-5-6-21-12-9(11(17)19)3-4-10(18-12)13(14,15)16/h3-4,8H,5-7H2,1-2H3,(H2,17,19). The molecule has 0 aliphatic rings. The molecule has 0 aliphatic heterocycles. The molecular weight excluding hydrogens is 289 g/mol. The highest BCUT2D eigenvalue weighted by atomic mass is 19.4. The highest BCUT2D eigenvalue weighted by Gasteiger charge is 2.33. The molecule has 1 amide bonds. The van der Waals surface area contributed by atoms with Crippen LogP contribution in [0.4, 0.5) is 13.2 Å². The van der Waals surface area contributed by atoms with Crippen molar-refractivity contribution >= 4 is 5.91 Å². The van der Waals surface area contributed by atoms with Gasteiger partial charge in [-0.25, -0.2) is 4.98 Å². The molecule has 5 nitrogen and oxygen atoms in total. The molecule has 0 saturated heterocycles.